The van der Waals surface area contributed by atoms with E-state index in [0.717, 1.165) is 0 Å². The molecular formula is C18H24N4O5. The van der Waals surface area contributed by atoms with Crippen LogP contribution < -0.4 is 20.6 Å². The topological polar surface area (TPSA) is 94.8 Å². The van der Waals surface area contributed by atoms with Crippen LogP contribution in [0.3, 0.4) is 0 Å². The van der Waals surface area contributed by atoms with E-state index < -0.39 is 17.7 Å². The van der Waals surface area contributed by atoms with E-state index in [1.165, 1.54) is 14.0 Å². The molecule has 9 heteroatoms. The minimum absolute atomic E-state index is 0.0400. The lowest BCUT2D eigenvalue weighted by atomic mass is 10.2. The first kappa shape index (κ1) is 18.8. The van der Waals surface area contributed by atoms with E-state index in [1.807, 2.05) is 0 Å². The Morgan fingerprint density at radius 3 is 2.33 bits per heavy atom. The number of nitrogens with one attached hydrogen (secondary N) is 1. The third-order valence-corrected chi connectivity index (χ3v) is 4.44. The zero-order chi connectivity index (χ0) is 20.1. The van der Waals surface area contributed by atoms with Crippen molar-refractivity contribution in [3.63, 3.8) is 0 Å². The number of fused-ring (bicyclic) bond motifs is 2. The van der Waals surface area contributed by atoms with E-state index in [-0.39, 0.29) is 18.2 Å². The number of carbonyl (C=O) groups is 2. The molecule has 2 heterocycles. The zero-order valence-electron chi connectivity index (χ0n) is 16.3. The molecule has 0 bridgehead atoms. The number of rotatable bonds is 1. The summed E-state index contributed by atoms with van der Waals surface area (Å²) in [6.07, 6.45) is -0.684. The van der Waals surface area contributed by atoms with Gasteiger partial charge in [0, 0.05) is 27.2 Å². The van der Waals surface area contributed by atoms with Gasteiger partial charge >= 0.3 is 11.8 Å². The highest BCUT2D eigenvalue weighted by molar-refractivity contribution is 6.02. The number of anilines is 1. The van der Waals surface area contributed by atoms with Crippen LogP contribution in [0.1, 0.15) is 20.8 Å². The molecule has 3 rings (SSSR count). The molecule has 27 heavy (non-hydrogen) atoms. The molecule has 2 amide bonds. The third kappa shape index (κ3) is 3.36. The number of imidazole rings is 1. The van der Waals surface area contributed by atoms with Gasteiger partial charge in [-0.05, 0) is 26.8 Å². The fourth-order valence-electron chi connectivity index (χ4n) is 3.04. The number of alkyl carbamates (subject to hydrolysis) is 1. The van der Waals surface area contributed by atoms with E-state index in [9.17, 15) is 14.4 Å². The number of nitrogens with zero attached hydrogens (tertiary/aromatic N) is 3. The molecule has 1 N–H and O–H groups in total. The predicted octanol–water partition coefficient (Wildman–Crippen LogP) is 1.13. The van der Waals surface area contributed by atoms with Crippen molar-refractivity contribution < 1.29 is 19.1 Å². The summed E-state index contributed by atoms with van der Waals surface area (Å²) in [6, 6.07) is 2.58. The molecule has 0 saturated carbocycles. The van der Waals surface area contributed by atoms with E-state index in [2.05, 4.69) is 5.32 Å². The minimum atomic E-state index is -0.885. The lowest BCUT2D eigenvalue weighted by molar-refractivity contribution is -0.120. The molecule has 9 nitrogen and oxygen atoms in total. The van der Waals surface area contributed by atoms with Crippen LogP contribution in [0.15, 0.2) is 16.9 Å². The second-order valence-electron chi connectivity index (χ2n) is 7.62. The summed E-state index contributed by atoms with van der Waals surface area (Å²) in [4.78, 5) is 38.4. The average Bonchev–Trinajstić information content (AvgIpc) is 2.71. The van der Waals surface area contributed by atoms with E-state index in [0.29, 0.717) is 22.5 Å². The Hall–Kier alpha value is -2.97. The van der Waals surface area contributed by atoms with Crippen LogP contribution in [0.5, 0.6) is 5.75 Å². The molecule has 0 aliphatic carbocycles. The number of carbonyl (C=O) groups excluding carboxylic acids is 2. The summed E-state index contributed by atoms with van der Waals surface area (Å²) in [5.41, 5.74) is 1.07. The monoisotopic (exact) mass is 376 g/mol. The molecule has 0 radical (unpaired) electrons. The van der Waals surface area contributed by atoms with Gasteiger partial charge in [0.2, 0.25) is 0 Å². The van der Waals surface area contributed by atoms with Crippen LogP contribution in [0, 0.1) is 0 Å². The van der Waals surface area contributed by atoms with Crippen LogP contribution in [-0.4, -0.2) is 46.4 Å². The third-order valence-electron chi connectivity index (χ3n) is 4.44. The first-order chi connectivity index (χ1) is 12.5. The molecule has 2 aromatic rings. The normalized spacial score (nSPS) is 17.3. The molecule has 0 fully saturated rings. The molecular weight excluding hydrogens is 352 g/mol. The summed E-state index contributed by atoms with van der Waals surface area (Å²) < 4.78 is 14.0. The Morgan fingerprint density at radius 1 is 1.15 bits per heavy atom. The zero-order valence-corrected chi connectivity index (χ0v) is 16.3. The smallest absolute Gasteiger partial charge is 0.408 e. The van der Waals surface area contributed by atoms with Crippen molar-refractivity contribution >= 4 is 28.7 Å². The van der Waals surface area contributed by atoms with Crippen LogP contribution in [0.4, 0.5) is 10.5 Å². The van der Waals surface area contributed by atoms with Gasteiger partial charge in [0.1, 0.15) is 24.0 Å². The van der Waals surface area contributed by atoms with Crippen molar-refractivity contribution in [1.82, 2.24) is 14.5 Å². The highest BCUT2D eigenvalue weighted by Crippen LogP contribution is 2.34. The average molecular weight is 376 g/mol. The highest BCUT2D eigenvalue weighted by Gasteiger charge is 2.32. The lowest BCUT2D eigenvalue weighted by Crippen LogP contribution is -2.50. The van der Waals surface area contributed by atoms with Crippen LogP contribution in [0.25, 0.3) is 11.0 Å². The van der Waals surface area contributed by atoms with Crippen molar-refractivity contribution in [1.29, 1.82) is 0 Å². The second-order valence-corrected chi connectivity index (χ2v) is 7.62. The number of hydrogen-bond donors (Lipinski definition) is 1. The Bertz CT molecular complexity index is 982. The molecule has 146 valence electrons. The highest BCUT2D eigenvalue weighted by atomic mass is 16.6. The number of aromatic nitrogens is 2. The lowest BCUT2D eigenvalue weighted by Gasteiger charge is -2.23. The van der Waals surface area contributed by atoms with E-state index in [1.54, 1.807) is 54.0 Å². The summed E-state index contributed by atoms with van der Waals surface area (Å²) >= 11 is 0. The number of likely N-dealkylation sites (N-methyl/N-ethyl adjacent to an activating group) is 1. The van der Waals surface area contributed by atoms with Crippen LogP contribution in [0.2, 0.25) is 0 Å². The van der Waals surface area contributed by atoms with Crippen molar-refractivity contribution in [2.45, 2.75) is 32.4 Å². The van der Waals surface area contributed by atoms with Crippen molar-refractivity contribution in [2.75, 3.05) is 18.6 Å². The SMILES string of the molecule is CN1C(=O)[C@@H](NC(=O)OC(C)(C)C)COc2cc3c(cc21)n(C)c(=O)n3C. The van der Waals surface area contributed by atoms with Crippen molar-refractivity contribution in [3.8, 4) is 5.75 Å². The Labute approximate surface area is 156 Å². The van der Waals surface area contributed by atoms with Gasteiger partial charge in [-0.2, -0.15) is 0 Å². The van der Waals surface area contributed by atoms with Gasteiger partial charge in [-0.3, -0.25) is 13.9 Å². The van der Waals surface area contributed by atoms with Crippen LogP contribution in [-0.2, 0) is 23.6 Å². The first-order valence-electron chi connectivity index (χ1n) is 8.59. The number of hydrogen-bond acceptors (Lipinski definition) is 5. The van der Waals surface area contributed by atoms with Gasteiger partial charge in [-0.15, -0.1) is 0 Å². The number of amides is 2. The molecule has 1 aliphatic heterocycles. The Kier molecular flexibility index (Phi) is 4.41. The largest absolute Gasteiger partial charge is 0.489 e. The molecule has 0 saturated heterocycles. The van der Waals surface area contributed by atoms with Gasteiger partial charge in [-0.1, -0.05) is 0 Å². The number of aryl methyl sites for hydroxylation is 2. The molecule has 0 spiro atoms. The fraction of sp³-hybridized carbons (Fsp3) is 0.500. The molecule has 1 aliphatic rings. The van der Waals surface area contributed by atoms with E-state index in [4.69, 9.17) is 9.47 Å². The molecule has 1 aromatic carbocycles. The molecule has 0 unspecified atom stereocenters. The van der Waals surface area contributed by atoms with Gasteiger partial charge in [0.15, 0.2) is 0 Å². The van der Waals surface area contributed by atoms with Gasteiger partial charge in [-0.25, -0.2) is 9.59 Å². The minimum Gasteiger partial charge on any atom is -0.489 e. The standard InChI is InChI=1S/C18H24N4O5/c1-18(2,3)27-16(24)19-10-9-26-14-8-12-11(21(5)17(25)22(12)6)7-13(14)20(4)15(10)23/h7-8,10H,9H2,1-6H3,(H,19,24)/t10-/m0/s1. The molecule has 1 aromatic heterocycles. The first-order valence-corrected chi connectivity index (χ1v) is 8.59. The van der Waals surface area contributed by atoms with E-state index >= 15 is 0 Å². The second kappa shape index (κ2) is 6.33. The maximum Gasteiger partial charge on any atom is 0.408 e. The van der Waals surface area contributed by atoms with Crippen molar-refractivity contribution in [3.05, 3.63) is 22.6 Å². The Balaban J connectivity index is 1.93. The fourth-order valence-corrected chi connectivity index (χ4v) is 3.04. The Morgan fingerprint density at radius 2 is 1.74 bits per heavy atom. The summed E-state index contributed by atoms with van der Waals surface area (Å²) in [5.74, 6) is 0.132. The van der Waals surface area contributed by atoms with Crippen molar-refractivity contribution in [2.24, 2.45) is 14.1 Å². The maximum absolute atomic E-state index is 12.8. The summed E-state index contributed by atoms with van der Waals surface area (Å²) in [6.45, 7) is 5.20. The maximum atomic E-state index is 12.8. The summed E-state index contributed by atoms with van der Waals surface area (Å²) in [5, 5.41) is 2.56. The molecule has 1 atom stereocenters. The van der Waals surface area contributed by atoms with Gasteiger partial charge in [0.25, 0.3) is 5.91 Å². The van der Waals surface area contributed by atoms with Gasteiger partial charge < -0.3 is 19.7 Å². The number of ether oxygens (including phenoxy) is 2. The van der Waals surface area contributed by atoms with Crippen LogP contribution >= 0.6 is 0 Å². The summed E-state index contributed by atoms with van der Waals surface area (Å²) in [7, 11) is 4.95. The quantitative estimate of drug-likeness (QED) is 0.805. The predicted molar refractivity (Wildman–Crippen MR) is 100 cm³/mol. The van der Waals surface area contributed by atoms with Gasteiger partial charge in [0.05, 0.1) is 16.7 Å². The number of benzene rings is 1.